The molecule has 182 valence electrons. The number of carbonyl (C=O) groups is 2. The lowest BCUT2D eigenvalue weighted by molar-refractivity contribution is -0.155. The van der Waals surface area contributed by atoms with Gasteiger partial charge in [-0.2, -0.15) is 0 Å². The molecule has 0 radical (unpaired) electrons. The lowest BCUT2D eigenvalue weighted by atomic mass is 9.98. The number of amides is 1. The van der Waals surface area contributed by atoms with Crippen molar-refractivity contribution >= 4 is 23.2 Å². The van der Waals surface area contributed by atoms with Crippen LogP contribution in [0.2, 0.25) is 0 Å². The number of benzene rings is 1. The summed E-state index contributed by atoms with van der Waals surface area (Å²) < 4.78 is 5.27. The summed E-state index contributed by atoms with van der Waals surface area (Å²) in [4.78, 5) is 29.4. The van der Waals surface area contributed by atoms with Crippen LogP contribution in [0.25, 0.3) is 10.4 Å². The van der Waals surface area contributed by atoms with E-state index in [0.717, 1.165) is 16.1 Å². The van der Waals surface area contributed by atoms with Crippen molar-refractivity contribution in [3.8, 4) is 16.2 Å². The van der Waals surface area contributed by atoms with Gasteiger partial charge in [-0.1, -0.05) is 25.5 Å². The van der Waals surface area contributed by atoms with E-state index in [1.807, 2.05) is 33.8 Å². The van der Waals surface area contributed by atoms with Gasteiger partial charge in [-0.15, -0.1) is 11.3 Å². The van der Waals surface area contributed by atoms with Crippen LogP contribution in [-0.4, -0.2) is 38.8 Å². The number of aromatic nitrogens is 1. The van der Waals surface area contributed by atoms with Crippen molar-refractivity contribution in [3.63, 3.8) is 0 Å². The van der Waals surface area contributed by atoms with E-state index in [9.17, 15) is 19.8 Å². The number of nitrogens with one attached hydrogen (secondary N) is 1. The topological polar surface area (TPSA) is 109 Å². The molecule has 1 amide bonds. The van der Waals surface area contributed by atoms with Crippen LogP contribution in [0, 0.1) is 12.8 Å². The average Bonchev–Trinajstić information content (AvgIpc) is 3.14. The fraction of sp³-hybridized carbons (Fsp3) is 0.560. The van der Waals surface area contributed by atoms with Gasteiger partial charge in [-0.3, -0.25) is 9.59 Å². The minimum absolute atomic E-state index is 0.123. The number of ether oxygens (including phenoxy) is 1. The maximum atomic E-state index is 12.4. The van der Waals surface area contributed by atoms with Crippen molar-refractivity contribution < 1.29 is 24.5 Å². The van der Waals surface area contributed by atoms with E-state index in [4.69, 9.17) is 4.74 Å². The number of carbonyl (C=O) groups excluding carboxylic acids is 2. The monoisotopic (exact) mass is 476 g/mol. The van der Waals surface area contributed by atoms with Crippen LogP contribution in [0.5, 0.6) is 5.75 Å². The summed E-state index contributed by atoms with van der Waals surface area (Å²) in [5.41, 5.74) is 3.72. The Kier molecular flexibility index (Phi) is 9.86. The molecule has 2 unspecified atom stereocenters. The van der Waals surface area contributed by atoms with E-state index in [1.165, 1.54) is 11.3 Å². The van der Waals surface area contributed by atoms with E-state index >= 15 is 0 Å². The molecule has 0 aliphatic rings. The number of esters is 1. The molecule has 8 heteroatoms. The molecule has 0 aliphatic carbocycles. The van der Waals surface area contributed by atoms with Gasteiger partial charge in [0.25, 0.3) is 0 Å². The van der Waals surface area contributed by atoms with Gasteiger partial charge in [-0.25, -0.2) is 4.98 Å². The Bertz CT molecular complexity index is 935. The van der Waals surface area contributed by atoms with Crippen molar-refractivity contribution in [2.24, 2.45) is 5.92 Å². The number of unbranched alkanes of at least 4 members (excludes halogenated alkanes) is 1. The zero-order valence-corrected chi connectivity index (χ0v) is 21.0. The van der Waals surface area contributed by atoms with Gasteiger partial charge in [0.2, 0.25) is 5.91 Å². The van der Waals surface area contributed by atoms with Crippen molar-refractivity contribution in [1.82, 2.24) is 10.3 Å². The van der Waals surface area contributed by atoms with E-state index in [-0.39, 0.29) is 30.1 Å². The average molecular weight is 477 g/mol. The lowest BCUT2D eigenvalue weighted by Gasteiger charge is -2.19. The molecular formula is C25H36N2O5S. The Balaban J connectivity index is 1.72. The number of nitrogens with zero attached hydrogens (tertiary/aromatic N) is 1. The first-order chi connectivity index (χ1) is 15.5. The highest BCUT2D eigenvalue weighted by atomic mass is 32.1. The summed E-state index contributed by atoms with van der Waals surface area (Å²) in [5.74, 6) is -0.654. The molecule has 1 aromatic carbocycles. The first-order valence-electron chi connectivity index (χ1n) is 11.4. The number of hydrogen-bond acceptors (Lipinski definition) is 7. The molecule has 0 spiro atoms. The summed E-state index contributed by atoms with van der Waals surface area (Å²) in [6.45, 7) is 9.41. The quantitative estimate of drug-likeness (QED) is 0.320. The van der Waals surface area contributed by atoms with Gasteiger partial charge < -0.3 is 20.3 Å². The number of thiazole rings is 1. The lowest BCUT2D eigenvalue weighted by Crippen LogP contribution is -2.31. The third-order valence-corrected chi connectivity index (χ3v) is 6.19. The second-order valence-corrected chi connectivity index (χ2v) is 10.3. The van der Waals surface area contributed by atoms with Crippen LogP contribution in [0.3, 0.4) is 0 Å². The Morgan fingerprint density at radius 1 is 1.24 bits per heavy atom. The smallest absolute Gasteiger partial charge is 0.306 e. The number of aliphatic hydroxyl groups excluding tert-OH is 1. The summed E-state index contributed by atoms with van der Waals surface area (Å²) >= 11 is 1.52. The summed E-state index contributed by atoms with van der Waals surface area (Å²) in [6.07, 6.45) is 1.91. The van der Waals surface area contributed by atoms with Crippen LogP contribution in [-0.2, 0) is 20.9 Å². The molecule has 3 N–H and O–H groups in total. The fourth-order valence-electron chi connectivity index (χ4n) is 3.46. The molecule has 0 bridgehead atoms. The van der Waals surface area contributed by atoms with Crippen molar-refractivity contribution in [1.29, 1.82) is 0 Å². The molecule has 0 fully saturated rings. The van der Waals surface area contributed by atoms with Crippen LogP contribution in [0.15, 0.2) is 23.7 Å². The highest BCUT2D eigenvalue weighted by Gasteiger charge is 2.19. The molecule has 33 heavy (non-hydrogen) atoms. The Morgan fingerprint density at radius 3 is 2.58 bits per heavy atom. The molecule has 2 aromatic rings. The third kappa shape index (κ3) is 9.14. The first kappa shape index (κ1) is 26.8. The minimum atomic E-state index is -0.611. The van der Waals surface area contributed by atoms with Crippen molar-refractivity contribution in [2.45, 2.75) is 85.0 Å². The molecule has 2 rings (SSSR count). The van der Waals surface area contributed by atoms with Gasteiger partial charge in [0.15, 0.2) is 0 Å². The minimum Gasteiger partial charge on any atom is -0.508 e. The second kappa shape index (κ2) is 12.1. The molecule has 0 aliphatic heterocycles. The van der Waals surface area contributed by atoms with E-state index in [1.54, 1.807) is 24.6 Å². The summed E-state index contributed by atoms with van der Waals surface area (Å²) in [7, 11) is 0. The van der Waals surface area contributed by atoms with Crippen LogP contribution in [0.1, 0.15) is 71.1 Å². The Hall–Kier alpha value is -2.45. The molecule has 0 saturated heterocycles. The largest absolute Gasteiger partial charge is 0.508 e. The predicted octanol–water partition coefficient (Wildman–Crippen LogP) is 4.73. The highest BCUT2D eigenvalue weighted by molar-refractivity contribution is 7.13. The van der Waals surface area contributed by atoms with Gasteiger partial charge in [0.05, 0.1) is 22.2 Å². The number of rotatable bonds is 11. The van der Waals surface area contributed by atoms with Crippen molar-refractivity contribution in [3.05, 3.63) is 35.0 Å². The van der Waals surface area contributed by atoms with Gasteiger partial charge in [-0.05, 0) is 58.6 Å². The van der Waals surface area contributed by atoms with Gasteiger partial charge in [0.1, 0.15) is 11.4 Å². The summed E-state index contributed by atoms with van der Waals surface area (Å²) in [5, 5.41) is 23.4. The predicted molar refractivity (Wildman–Crippen MR) is 130 cm³/mol. The maximum Gasteiger partial charge on any atom is 0.306 e. The highest BCUT2D eigenvalue weighted by Crippen LogP contribution is 2.31. The number of hydrogen-bond donors (Lipinski definition) is 3. The van der Waals surface area contributed by atoms with E-state index < -0.39 is 11.7 Å². The number of aryl methyl sites for hydroxylation is 1. The SMILES string of the molecule is Cc1ncsc1-c1ccc(CNC(=O)C(C)CC(O)CCCCC(=O)OC(C)(C)C)c(O)c1. The van der Waals surface area contributed by atoms with E-state index in [0.29, 0.717) is 37.7 Å². The summed E-state index contributed by atoms with van der Waals surface area (Å²) in [6, 6.07) is 5.40. The van der Waals surface area contributed by atoms with Gasteiger partial charge in [0, 0.05) is 24.4 Å². The normalized spacial score (nSPS) is 13.4. The first-order valence-corrected chi connectivity index (χ1v) is 12.2. The number of aromatic hydroxyl groups is 1. The molecule has 1 heterocycles. The van der Waals surface area contributed by atoms with Crippen LogP contribution in [0.4, 0.5) is 0 Å². The zero-order chi connectivity index (χ0) is 24.6. The van der Waals surface area contributed by atoms with Gasteiger partial charge >= 0.3 is 5.97 Å². The molecule has 0 saturated carbocycles. The fourth-order valence-corrected chi connectivity index (χ4v) is 4.27. The van der Waals surface area contributed by atoms with E-state index in [2.05, 4.69) is 10.3 Å². The molecule has 7 nitrogen and oxygen atoms in total. The molecular weight excluding hydrogens is 440 g/mol. The number of phenolic OH excluding ortho intramolecular Hbond substituents is 1. The number of phenols is 1. The maximum absolute atomic E-state index is 12.4. The van der Waals surface area contributed by atoms with Crippen molar-refractivity contribution in [2.75, 3.05) is 0 Å². The second-order valence-electron chi connectivity index (χ2n) is 9.45. The number of aliphatic hydroxyl groups is 1. The zero-order valence-electron chi connectivity index (χ0n) is 20.2. The standard InChI is InChI=1S/C25H36N2O5S/c1-16(12-20(28)8-6-7-9-22(30)32-25(3,4)5)24(31)26-14-19-11-10-18(13-21(19)29)23-17(2)27-15-33-23/h10-11,13,15-16,20,28-29H,6-9,12,14H2,1-5H3,(H,26,31). The molecule has 2 atom stereocenters. The third-order valence-electron chi connectivity index (χ3n) is 5.21. The van der Waals surface area contributed by atoms with Crippen LogP contribution < -0.4 is 5.32 Å². The Labute approximate surface area is 200 Å². The van der Waals surface area contributed by atoms with Crippen LogP contribution >= 0.6 is 11.3 Å². The molecule has 1 aromatic heterocycles. The Morgan fingerprint density at radius 2 is 1.97 bits per heavy atom.